The van der Waals surface area contributed by atoms with Crippen LogP contribution in [0.15, 0.2) is 24.3 Å². The Morgan fingerprint density at radius 2 is 2.12 bits per heavy atom. The molecule has 0 radical (unpaired) electrons. The van der Waals surface area contributed by atoms with Gasteiger partial charge in [-0.15, -0.1) is 0 Å². The van der Waals surface area contributed by atoms with Crippen molar-refractivity contribution in [1.29, 1.82) is 0 Å². The maximum atomic E-state index is 3.62. The molecule has 2 nitrogen and oxygen atoms in total. The molecule has 1 N–H and O–H groups in total. The Bertz CT molecular complexity index is 375. The summed E-state index contributed by atoms with van der Waals surface area (Å²) in [7, 11) is 0. The molecule has 2 unspecified atom stereocenters. The van der Waals surface area contributed by atoms with E-state index in [4.69, 9.17) is 0 Å². The second kappa shape index (κ2) is 4.10. The number of hydrogen-bond acceptors (Lipinski definition) is 2. The van der Waals surface area contributed by atoms with Crippen LogP contribution in [-0.4, -0.2) is 25.7 Å². The van der Waals surface area contributed by atoms with E-state index in [1.165, 1.54) is 43.7 Å². The Hall–Kier alpha value is -1.02. The second-order valence-electron chi connectivity index (χ2n) is 5.13. The van der Waals surface area contributed by atoms with Gasteiger partial charge >= 0.3 is 0 Å². The molecule has 2 heterocycles. The summed E-state index contributed by atoms with van der Waals surface area (Å²) in [4.78, 5) is 2.57. The first-order valence-electron chi connectivity index (χ1n) is 6.38. The van der Waals surface area contributed by atoms with Crippen molar-refractivity contribution in [3.05, 3.63) is 29.8 Å². The predicted molar refractivity (Wildman–Crippen MR) is 67.9 cm³/mol. The molecule has 2 aliphatic heterocycles. The van der Waals surface area contributed by atoms with Gasteiger partial charge < -0.3 is 10.2 Å². The molecule has 0 saturated carbocycles. The Labute approximate surface area is 97.6 Å². The smallest absolute Gasteiger partial charge is 0.0396 e. The summed E-state index contributed by atoms with van der Waals surface area (Å²) in [5.41, 5.74) is 2.85. The molecule has 86 valence electrons. The van der Waals surface area contributed by atoms with Crippen molar-refractivity contribution in [2.24, 2.45) is 5.92 Å². The molecule has 16 heavy (non-hydrogen) atoms. The van der Waals surface area contributed by atoms with E-state index >= 15 is 0 Å². The molecule has 1 aromatic rings. The normalized spacial score (nSPS) is 29.2. The summed E-state index contributed by atoms with van der Waals surface area (Å²) in [6.07, 6.45) is 2.66. The fraction of sp³-hybridized carbons (Fsp3) is 0.571. The van der Waals surface area contributed by atoms with E-state index in [0.717, 1.165) is 12.0 Å². The van der Waals surface area contributed by atoms with Crippen molar-refractivity contribution in [1.82, 2.24) is 5.32 Å². The first-order chi connectivity index (χ1) is 7.84. The number of benzene rings is 1. The van der Waals surface area contributed by atoms with Gasteiger partial charge in [-0.3, -0.25) is 0 Å². The lowest BCUT2D eigenvalue weighted by Crippen LogP contribution is -2.44. The van der Waals surface area contributed by atoms with Gasteiger partial charge in [0.05, 0.1) is 0 Å². The molecule has 0 aromatic heterocycles. The number of para-hydroxylation sites is 1. The summed E-state index contributed by atoms with van der Waals surface area (Å²) < 4.78 is 0. The number of anilines is 1. The molecular weight excluding hydrogens is 196 g/mol. The van der Waals surface area contributed by atoms with Gasteiger partial charge in [-0.05, 0) is 43.9 Å². The topological polar surface area (TPSA) is 15.3 Å². The second-order valence-corrected chi connectivity index (χ2v) is 5.13. The third-order valence-electron chi connectivity index (χ3n) is 4.11. The molecule has 0 spiro atoms. The highest BCUT2D eigenvalue weighted by atomic mass is 15.2. The van der Waals surface area contributed by atoms with Crippen molar-refractivity contribution in [2.45, 2.75) is 25.8 Å². The molecule has 2 fully saturated rings. The number of rotatable bonds is 1. The van der Waals surface area contributed by atoms with Crippen LogP contribution in [-0.2, 0) is 0 Å². The number of piperidine rings is 1. The summed E-state index contributed by atoms with van der Waals surface area (Å²) in [6, 6.07) is 9.55. The van der Waals surface area contributed by atoms with Gasteiger partial charge in [0.15, 0.2) is 0 Å². The summed E-state index contributed by atoms with van der Waals surface area (Å²) >= 11 is 0. The third kappa shape index (κ3) is 1.71. The number of aryl methyl sites for hydroxylation is 1. The monoisotopic (exact) mass is 216 g/mol. The average molecular weight is 216 g/mol. The van der Waals surface area contributed by atoms with Gasteiger partial charge in [-0.2, -0.15) is 0 Å². The molecule has 2 aliphatic rings. The van der Waals surface area contributed by atoms with E-state index in [1.54, 1.807) is 0 Å². The Morgan fingerprint density at radius 3 is 3.00 bits per heavy atom. The van der Waals surface area contributed by atoms with E-state index in [9.17, 15) is 0 Å². The number of nitrogens with one attached hydrogen (secondary N) is 1. The molecule has 2 heteroatoms. The maximum absolute atomic E-state index is 3.62. The minimum Gasteiger partial charge on any atom is -0.371 e. The van der Waals surface area contributed by atoms with E-state index in [-0.39, 0.29) is 0 Å². The van der Waals surface area contributed by atoms with Crippen LogP contribution in [0.2, 0.25) is 0 Å². The quantitative estimate of drug-likeness (QED) is 0.774. The standard InChI is InChI=1S/C14H20N2/c1-11-4-2-3-5-14(11)16-9-7-13-12(10-16)6-8-15-13/h2-5,12-13,15H,6-10H2,1H3. The van der Waals surface area contributed by atoms with Crippen LogP contribution >= 0.6 is 0 Å². The first-order valence-corrected chi connectivity index (χ1v) is 6.38. The van der Waals surface area contributed by atoms with Crippen molar-refractivity contribution in [3.8, 4) is 0 Å². The molecule has 0 amide bonds. The number of nitrogens with zero attached hydrogens (tertiary/aromatic N) is 1. The largest absolute Gasteiger partial charge is 0.371 e. The summed E-state index contributed by atoms with van der Waals surface area (Å²) in [5.74, 6) is 0.869. The van der Waals surface area contributed by atoms with E-state index in [2.05, 4.69) is 41.4 Å². The SMILES string of the molecule is Cc1ccccc1N1CCC2NCCC2C1. The van der Waals surface area contributed by atoms with Gasteiger partial charge in [-0.25, -0.2) is 0 Å². The van der Waals surface area contributed by atoms with Crippen LogP contribution in [0, 0.1) is 12.8 Å². The van der Waals surface area contributed by atoms with Crippen LogP contribution < -0.4 is 10.2 Å². The fourth-order valence-electron chi connectivity index (χ4n) is 3.18. The maximum Gasteiger partial charge on any atom is 0.0396 e. The molecular formula is C14H20N2. The van der Waals surface area contributed by atoms with Gasteiger partial charge in [0.25, 0.3) is 0 Å². The van der Waals surface area contributed by atoms with E-state index in [1.807, 2.05) is 0 Å². The van der Waals surface area contributed by atoms with Crippen molar-refractivity contribution in [2.75, 3.05) is 24.5 Å². The molecule has 2 saturated heterocycles. The van der Waals surface area contributed by atoms with Gasteiger partial charge in [0, 0.05) is 24.8 Å². The molecule has 0 bridgehead atoms. The Balaban J connectivity index is 1.79. The van der Waals surface area contributed by atoms with Crippen LogP contribution in [0.25, 0.3) is 0 Å². The zero-order valence-corrected chi connectivity index (χ0v) is 9.95. The average Bonchev–Trinajstić information content (AvgIpc) is 2.76. The highest BCUT2D eigenvalue weighted by Gasteiger charge is 2.32. The lowest BCUT2D eigenvalue weighted by atomic mass is 9.92. The minimum atomic E-state index is 0.792. The lowest BCUT2D eigenvalue weighted by Gasteiger charge is -2.37. The number of fused-ring (bicyclic) bond motifs is 1. The molecule has 3 rings (SSSR count). The van der Waals surface area contributed by atoms with Crippen molar-refractivity contribution in [3.63, 3.8) is 0 Å². The first kappa shape index (κ1) is 10.2. The van der Waals surface area contributed by atoms with Crippen LogP contribution in [0.1, 0.15) is 18.4 Å². The number of hydrogen-bond donors (Lipinski definition) is 1. The van der Waals surface area contributed by atoms with Crippen LogP contribution in [0.5, 0.6) is 0 Å². The molecule has 2 atom stereocenters. The highest BCUT2D eigenvalue weighted by molar-refractivity contribution is 5.53. The Morgan fingerprint density at radius 1 is 1.25 bits per heavy atom. The fourth-order valence-corrected chi connectivity index (χ4v) is 3.18. The van der Waals surface area contributed by atoms with Crippen molar-refractivity contribution < 1.29 is 0 Å². The predicted octanol–water partition coefficient (Wildman–Crippen LogP) is 2.18. The lowest BCUT2D eigenvalue weighted by molar-refractivity contribution is 0.376. The zero-order chi connectivity index (χ0) is 11.0. The van der Waals surface area contributed by atoms with Crippen LogP contribution in [0.4, 0.5) is 5.69 Å². The van der Waals surface area contributed by atoms with Gasteiger partial charge in [0.2, 0.25) is 0 Å². The third-order valence-corrected chi connectivity index (χ3v) is 4.11. The van der Waals surface area contributed by atoms with Crippen LogP contribution in [0.3, 0.4) is 0 Å². The van der Waals surface area contributed by atoms with E-state index < -0.39 is 0 Å². The van der Waals surface area contributed by atoms with E-state index in [0.29, 0.717) is 0 Å². The highest BCUT2D eigenvalue weighted by Crippen LogP contribution is 2.29. The van der Waals surface area contributed by atoms with Crippen molar-refractivity contribution >= 4 is 5.69 Å². The summed E-state index contributed by atoms with van der Waals surface area (Å²) in [6.45, 7) is 5.88. The Kier molecular flexibility index (Phi) is 2.60. The molecule has 0 aliphatic carbocycles. The van der Waals surface area contributed by atoms with Gasteiger partial charge in [0.1, 0.15) is 0 Å². The van der Waals surface area contributed by atoms with Gasteiger partial charge in [-0.1, -0.05) is 18.2 Å². The molecule has 1 aromatic carbocycles. The zero-order valence-electron chi connectivity index (χ0n) is 9.95. The summed E-state index contributed by atoms with van der Waals surface area (Å²) in [5, 5.41) is 3.62. The minimum absolute atomic E-state index is 0.792.